The molecule has 3 aliphatic rings. The van der Waals surface area contributed by atoms with Crippen LogP contribution in [0, 0.1) is 5.92 Å². The Morgan fingerprint density at radius 2 is 1.88 bits per heavy atom. The molecule has 0 aliphatic carbocycles. The summed E-state index contributed by atoms with van der Waals surface area (Å²) >= 11 is 0. The van der Waals surface area contributed by atoms with Crippen LogP contribution in [0.25, 0.3) is 0 Å². The van der Waals surface area contributed by atoms with E-state index in [-0.39, 0.29) is 24.0 Å². The molecule has 3 aliphatic heterocycles. The normalized spacial score (nSPS) is 24.3. The molecule has 24 heavy (non-hydrogen) atoms. The fraction of sp³-hybridized carbons (Fsp3) is 0.556. The molecule has 2 amide bonds. The summed E-state index contributed by atoms with van der Waals surface area (Å²) in [5.41, 5.74) is 1.11. The first kappa shape index (κ1) is 15.3. The average Bonchev–Trinajstić information content (AvgIpc) is 3.07. The van der Waals surface area contributed by atoms with E-state index in [4.69, 9.17) is 9.47 Å². The summed E-state index contributed by atoms with van der Waals surface area (Å²) in [6.45, 7) is 3.01. The molecule has 0 spiro atoms. The molecule has 2 saturated heterocycles. The minimum Gasteiger partial charge on any atom is -0.492 e. The van der Waals surface area contributed by atoms with Crippen LogP contribution < -0.4 is 4.74 Å². The Bertz CT molecular complexity index is 640. The van der Waals surface area contributed by atoms with Gasteiger partial charge in [-0.1, -0.05) is 18.2 Å². The molecule has 128 valence electrons. The van der Waals surface area contributed by atoms with Crippen LogP contribution in [0.15, 0.2) is 24.3 Å². The number of cyclic esters (lactones) is 1. The van der Waals surface area contributed by atoms with Crippen molar-refractivity contribution in [1.29, 1.82) is 0 Å². The van der Waals surface area contributed by atoms with Crippen molar-refractivity contribution in [2.75, 3.05) is 32.8 Å². The quantitative estimate of drug-likeness (QED) is 0.828. The van der Waals surface area contributed by atoms with E-state index in [1.807, 2.05) is 34.1 Å². The van der Waals surface area contributed by atoms with Crippen molar-refractivity contribution >= 4 is 12.0 Å². The first-order valence-corrected chi connectivity index (χ1v) is 8.65. The summed E-state index contributed by atoms with van der Waals surface area (Å²) in [6.07, 6.45) is 2.18. The highest BCUT2D eigenvalue weighted by atomic mass is 16.6. The van der Waals surface area contributed by atoms with Crippen molar-refractivity contribution < 1.29 is 19.1 Å². The Morgan fingerprint density at radius 3 is 2.62 bits per heavy atom. The third-order valence-electron chi connectivity index (χ3n) is 5.24. The number of rotatable bonds is 2. The standard InChI is InChI=1S/C18H22N2O4/c21-17(14-11-13-3-1-2-4-16(13)24-12-14)19-7-5-15(6-8-19)20-9-10-23-18(20)22/h1-4,14-15H,5-12H2. The van der Waals surface area contributed by atoms with Gasteiger partial charge in [0.1, 0.15) is 19.0 Å². The van der Waals surface area contributed by atoms with Crippen LogP contribution in [0.4, 0.5) is 4.79 Å². The number of para-hydroxylation sites is 1. The van der Waals surface area contributed by atoms with E-state index >= 15 is 0 Å². The predicted octanol–water partition coefficient (Wildman–Crippen LogP) is 1.68. The van der Waals surface area contributed by atoms with E-state index in [0.717, 1.165) is 30.6 Å². The molecular formula is C18H22N2O4. The highest BCUT2D eigenvalue weighted by Crippen LogP contribution is 2.29. The zero-order valence-corrected chi connectivity index (χ0v) is 13.6. The predicted molar refractivity (Wildman–Crippen MR) is 86.8 cm³/mol. The zero-order chi connectivity index (χ0) is 16.5. The molecule has 0 saturated carbocycles. The zero-order valence-electron chi connectivity index (χ0n) is 13.6. The molecule has 1 atom stereocenters. The lowest BCUT2D eigenvalue weighted by Gasteiger charge is -2.37. The van der Waals surface area contributed by atoms with Crippen molar-refractivity contribution in [3.8, 4) is 5.75 Å². The molecule has 3 heterocycles. The summed E-state index contributed by atoms with van der Waals surface area (Å²) in [4.78, 5) is 28.2. The van der Waals surface area contributed by atoms with Gasteiger partial charge in [0.05, 0.1) is 12.5 Å². The van der Waals surface area contributed by atoms with Gasteiger partial charge in [-0.2, -0.15) is 0 Å². The molecule has 0 bridgehead atoms. The number of hydrogen-bond acceptors (Lipinski definition) is 4. The van der Waals surface area contributed by atoms with Gasteiger partial charge < -0.3 is 19.3 Å². The van der Waals surface area contributed by atoms with Gasteiger partial charge in [0.2, 0.25) is 5.91 Å². The van der Waals surface area contributed by atoms with Crippen LogP contribution in [0.5, 0.6) is 5.75 Å². The van der Waals surface area contributed by atoms with Crippen molar-refractivity contribution in [3.63, 3.8) is 0 Å². The van der Waals surface area contributed by atoms with E-state index in [1.54, 1.807) is 0 Å². The fourth-order valence-electron chi connectivity index (χ4n) is 3.88. The Kier molecular flexibility index (Phi) is 4.04. The lowest BCUT2D eigenvalue weighted by molar-refractivity contribution is -0.138. The number of hydrogen-bond donors (Lipinski definition) is 0. The van der Waals surface area contributed by atoms with E-state index in [9.17, 15) is 9.59 Å². The molecule has 0 N–H and O–H groups in total. The van der Waals surface area contributed by atoms with Gasteiger partial charge in [-0.05, 0) is 30.9 Å². The van der Waals surface area contributed by atoms with Crippen molar-refractivity contribution in [1.82, 2.24) is 9.80 Å². The van der Waals surface area contributed by atoms with Crippen molar-refractivity contribution in [3.05, 3.63) is 29.8 Å². The van der Waals surface area contributed by atoms with Crippen LogP contribution in [0.2, 0.25) is 0 Å². The Labute approximate surface area is 141 Å². The lowest BCUT2D eigenvalue weighted by Crippen LogP contribution is -2.49. The summed E-state index contributed by atoms with van der Waals surface area (Å²) in [6, 6.07) is 8.12. The SMILES string of the molecule is O=C(C1COc2ccccc2C1)N1CCC(N2CCOC2=O)CC1. The maximum atomic E-state index is 12.8. The number of nitrogens with zero attached hydrogens (tertiary/aromatic N) is 2. The highest BCUT2D eigenvalue weighted by molar-refractivity contribution is 5.80. The maximum Gasteiger partial charge on any atom is 0.410 e. The lowest BCUT2D eigenvalue weighted by atomic mass is 9.94. The summed E-state index contributed by atoms with van der Waals surface area (Å²) in [5, 5.41) is 0. The monoisotopic (exact) mass is 330 g/mol. The van der Waals surface area contributed by atoms with E-state index in [1.165, 1.54) is 0 Å². The van der Waals surface area contributed by atoms with Crippen molar-refractivity contribution in [2.45, 2.75) is 25.3 Å². The average molecular weight is 330 g/mol. The van der Waals surface area contributed by atoms with Gasteiger partial charge in [0.15, 0.2) is 0 Å². The molecular weight excluding hydrogens is 308 g/mol. The van der Waals surface area contributed by atoms with Gasteiger partial charge >= 0.3 is 6.09 Å². The number of carbonyl (C=O) groups excluding carboxylic acids is 2. The third-order valence-corrected chi connectivity index (χ3v) is 5.24. The first-order chi connectivity index (χ1) is 11.7. The number of fused-ring (bicyclic) bond motifs is 1. The molecule has 1 unspecified atom stereocenters. The Hall–Kier alpha value is -2.24. The number of carbonyl (C=O) groups is 2. The van der Waals surface area contributed by atoms with Crippen LogP contribution >= 0.6 is 0 Å². The molecule has 6 heteroatoms. The first-order valence-electron chi connectivity index (χ1n) is 8.65. The highest BCUT2D eigenvalue weighted by Gasteiger charge is 2.35. The molecule has 1 aromatic carbocycles. The van der Waals surface area contributed by atoms with Gasteiger partial charge in [-0.3, -0.25) is 4.79 Å². The van der Waals surface area contributed by atoms with Gasteiger partial charge in [0.25, 0.3) is 0 Å². The number of amides is 2. The fourth-order valence-corrected chi connectivity index (χ4v) is 3.88. The maximum absolute atomic E-state index is 12.8. The molecule has 1 aromatic rings. The number of benzene rings is 1. The molecule has 2 fully saturated rings. The third kappa shape index (κ3) is 2.81. The second-order valence-electron chi connectivity index (χ2n) is 6.68. The van der Waals surface area contributed by atoms with Gasteiger partial charge in [-0.15, -0.1) is 0 Å². The smallest absolute Gasteiger partial charge is 0.410 e. The largest absolute Gasteiger partial charge is 0.492 e. The van der Waals surface area contributed by atoms with E-state index < -0.39 is 0 Å². The summed E-state index contributed by atoms with van der Waals surface area (Å²) in [7, 11) is 0. The number of piperidine rings is 1. The Morgan fingerprint density at radius 1 is 1.08 bits per heavy atom. The minimum atomic E-state index is -0.211. The Balaban J connectivity index is 1.34. The number of likely N-dealkylation sites (tertiary alicyclic amines) is 1. The topological polar surface area (TPSA) is 59.1 Å². The van der Waals surface area contributed by atoms with Crippen LogP contribution in [-0.2, 0) is 16.0 Å². The second-order valence-corrected chi connectivity index (χ2v) is 6.68. The summed E-state index contributed by atoms with van der Waals surface area (Å²) in [5.74, 6) is 0.966. The van der Waals surface area contributed by atoms with Gasteiger partial charge in [0, 0.05) is 19.1 Å². The van der Waals surface area contributed by atoms with Crippen LogP contribution in [0.3, 0.4) is 0 Å². The van der Waals surface area contributed by atoms with Gasteiger partial charge in [-0.25, -0.2) is 4.79 Å². The van der Waals surface area contributed by atoms with Crippen molar-refractivity contribution in [2.24, 2.45) is 5.92 Å². The molecule has 6 nitrogen and oxygen atoms in total. The number of ether oxygens (including phenoxy) is 2. The second kappa shape index (κ2) is 6.34. The molecule has 0 radical (unpaired) electrons. The van der Waals surface area contributed by atoms with E-state index in [2.05, 4.69) is 0 Å². The molecule has 0 aromatic heterocycles. The van der Waals surface area contributed by atoms with E-state index in [0.29, 0.717) is 32.8 Å². The van der Waals surface area contributed by atoms with Crippen LogP contribution in [-0.4, -0.2) is 60.7 Å². The van der Waals surface area contributed by atoms with Crippen LogP contribution in [0.1, 0.15) is 18.4 Å². The minimum absolute atomic E-state index is 0.104. The molecule has 4 rings (SSSR count). The summed E-state index contributed by atoms with van der Waals surface area (Å²) < 4.78 is 10.8.